The maximum Gasteiger partial charge on any atom is 0.416 e. The van der Waals surface area contributed by atoms with E-state index in [9.17, 15) is 31.1 Å². The zero-order chi connectivity index (χ0) is 25.9. The van der Waals surface area contributed by atoms with Gasteiger partial charge in [-0.2, -0.15) is 13.2 Å². The first-order valence-electron chi connectivity index (χ1n) is 10.6. The highest BCUT2D eigenvalue weighted by atomic mass is 19.4. The lowest BCUT2D eigenvalue weighted by molar-refractivity contribution is -0.143. The van der Waals surface area contributed by atoms with Gasteiger partial charge < -0.3 is 9.47 Å². The predicted octanol–water partition coefficient (Wildman–Crippen LogP) is 7.88. The summed E-state index contributed by atoms with van der Waals surface area (Å²) in [6.45, 7) is 3.80. The second-order valence-electron chi connectivity index (χ2n) is 8.37. The van der Waals surface area contributed by atoms with Gasteiger partial charge in [-0.05, 0) is 53.3 Å². The number of rotatable bonds is 7. The van der Waals surface area contributed by atoms with Gasteiger partial charge in [-0.25, -0.2) is 13.2 Å². The summed E-state index contributed by atoms with van der Waals surface area (Å²) in [6.07, 6.45) is -4.12. The van der Waals surface area contributed by atoms with Crippen molar-refractivity contribution in [3.8, 4) is 22.6 Å². The number of carbonyl (C=O) groups is 1. The zero-order valence-electron chi connectivity index (χ0n) is 19.1. The van der Waals surface area contributed by atoms with Crippen molar-refractivity contribution in [2.75, 3.05) is 7.11 Å². The van der Waals surface area contributed by atoms with E-state index >= 15 is 0 Å². The molecule has 0 amide bonds. The highest BCUT2D eigenvalue weighted by Gasteiger charge is 2.30. The number of carbonyl (C=O) groups excluding carboxylic acids is 1. The number of halogens is 6. The van der Waals surface area contributed by atoms with Crippen molar-refractivity contribution >= 4 is 5.97 Å². The van der Waals surface area contributed by atoms with Gasteiger partial charge in [0.05, 0.1) is 18.6 Å². The fraction of sp³-hybridized carbons (Fsp3) is 0.269. The molecule has 0 fully saturated rings. The molecule has 3 aromatic carbocycles. The lowest BCUT2D eigenvalue weighted by atomic mass is 9.88. The van der Waals surface area contributed by atoms with Gasteiger partial charge in [0.1, 0.15) is 11.5 Å². The number of esters is 1. The van der Waals surface area contributed by atoms with Gasteiger partial charge in [-0.1, -0.05) is 32.0 Å². The summed E-state index contributed by atoms with van der Waals surface area (Å²) in [7, 11) is 1.23. The molecule has 0 spiro atoms. The Morgan fingerprint density at radius 1 is 0.857 bits per heavy atom. The van der Waals surface area contributed by atoms with E-state index in [1.54, 1.807) is 6.07 Å². The summed E-state index contributed by atoms with van der Waals surface area (Å²) in [5.41, 5.74) is 0.376. The van der Waals surface area contributed by atoms with Crippen LogP contribution in [0, 0.1) is 23.4 Å². The lowest BCUT2D eigenvalue weighted by Gasteiger charge is -2.20. The minimum absolute atomic E-state index is 0.0421. The Kier molecular flexibility index (Phi) is 7.77. The lowest BCUT2D eigenvalue weighted by Crippen LogP contribution is -2.16. The van der Waals surface area contributed by atoms with Gasteiger partial charge in [0, 0.05) is 12.1 Å². The van der Waals surface area contributed by atoms with E-state index in [1.807, 2.05) is 13.8 Å². The van der Waals surface area contributed by atoms with Gasteiger partial charge >= 0.3 is 12.1 Å². The van der Waals surface area contributed by atoms with E-state index in [0.29, 0.717) is 35.2 Å². The first kappa shape index (κ1) is 26.1. The molecule has 0 saturated carbocycles. The van der Waals surface area contributed by atoms with E-state index in [2.05, 4.69) is 0 Å². The van der Waals surface area contributed by atoms with Gasteiger partial charge in [0.15, 0.2) is 17.5 Å². The molecule has 0 aliphatic rings. The van der Waals surface area contributed by atoms with Gasteiger partial charge in [0.25, 0.3) is 0 Å². The van der Waals surface area contributed by atoms with Crippen molar-refractivity contribution in [2.45, 2.75) is 32.4 Å². The van der Waals surface area contributed by atoms with Crippen LogP contribution in [-0.2, 0) is 15.7 Å². The van der Waals surface area contributed by atoms with Crippen molar-refractivity contribution in [3.05, 3.63) is 83.2 Å². The normalized spacial score (nSPS) is 12.5. The molecule has 186 valence electrons. The fourth-order valence-corrected chi connectivity index (χ4v) is 3.61. The number of hydrogen-bond acceptors (Lipinski definition) is 3. The van der Waals surface area contributed by atoms with Crippen LogP contribution in [0.3, 0.4) is 0 Å². The predicted molar refractivity (Wildman–Crippen MR) is 117 cm³/mol. The van der Waals surface area contributed by atoms with Crippen LogP contribution in [0.5, 0.6) is 11.5 Å². The highest BCUT2D eigenvalue weighted by molar-refractivity contribution is 5.79. The Balaban J connectivity index is 2.12. The molecule has 0 aliphatic heterocycles. The minimum Gasteiger partial charge on any atom is -0.469 e. The minimum atomic E-state index is -4.52. The van der Waals surface area contributed by atoms with Crippen LogP contribution in [0.15, 0.2) is 54.6 Å². The number of hydrogen-bond donors (Lipinski definition) is 0. The van der Waals surface area contributed by atoms with E-state index in [-0.39, 0.29) is 17.4 Å². The average molecular weight is 496 g/mol. The van der Waals surface area contributed by atoms with Crippen molar-refractivity contribution in [3.63, 3.8) is 0 Å². The van der Waals surface area contributed by atoms with Crippen molar-refractivity contribution in [1.82, 2.24) is 0 Å². The molecular weight excluding hydrogens is 474 g/mol. The molecule has 3 aromatic rings. The number of alkyl halides is 3. The van der Waals surface area contributed by atoms with Crippen molar-refractivity contribution in [1.29, 1.82) is 0 Å². The van der Waals surface area contributed by atoms with Gasteiger partial charge in [-0.15, -0.1) is 0 Å². The Morgan fingerprint density at radius 2 is 1.43 bits per heavy atom. The molecule has 0 aromatic heterocycles. The first-order chi connectivity index (χ1) is 16.4. The van der Waals surface area contributed by atoms with E-state index in [1.165, 1.54) is 31.4 Å². The summed E-state index contributed by atoms with van der Waals surface area (Å²) < 4.78 is 90.1. The maximum atomic E-state index is 13.7. The second kappa shape index (κ2) is 10.4. The zero-order valence-corrected chi connectivity index (χ0v) is 19.1. The average Bonchev–Trinajstić information content (AvgIpc) is 2.79. The van der Waals surface area contributed by atoms with Gasteiger partial charge in [-0.3, -0.25) is 4.79 Å². The quantitative estimate of drug-likeness (QED) is 0.190. The largest absolute Gasteiger partial charge is 0.469 e. The Morgan fingerprint density at radius 3 is 1.94 bits per heavy atom. The van der Waals surface area contributed by atoms with Crippen molar-refractivity contribution in [2.24, 2.45) is 5.92 Å². The molecule has 0 radical (unpaired) electrons. The smallest absolute Gasteiger partial charge is 0.416 e. The van der Waals surface area contributed by atoms with Crippen LogP contribution >= 0.6 is 0 Å². The summed E-state index contributed by atoms with van der Waals surface area (Å²) in [4.78, 5) is 12.5. The molecule has 1 unspecified atom stereocenters. The molecule has 35 heavy (non-hydrogen) atoms. The molecular formula is C26H22F6O3. The maximum absolute atomic E-state index is 13.7. The molecule has 3 nitrogen and oxygen atoms in total. The second-order valence-corrected chi connectivity index (χ2v) is 8.37. The van der Waals surface area contributed by atoms with E-state index < -0.39 is 41.1 Å². The Labute approximate surface area is 198 Å². The topological polar surface area (TPSA) is 35.5 Å². The van der Waals surface area contributed by atoms with E-state index in [0.717, 1.165) is 12.1 Å². The molecule has 0 saturated heterocycles. The fourth-order valence-electron chi connectivity index (χ4n) is 3.61. The Bertz CT molecular complexity index is 1180. The first-order valence-corrected chi connectivity index (χ1v) is 10.6. The van der Waals surface area contributed by atoms with Crippen LogP contribution in [0.2, 0.25) is 0 Å². The third kappa shape index (κ3) is 6.35. The third-order valence-corrected chi connectivity index (χ3v) is 5.26. The van der Waals surface area contributed by atoms with E-state index in [4.69, 9.17) is 9.47 Å². The molecule has 0 heterocycles. The summed E-state index contributed by atoms with van der Waals surface area (Å²) in [5.74, 6) is -6.04. The van der Waals surface area contributed by atoms with Crippen LogP contribution in [0.4, 0.5) is 26.3 Å². The molecule has 0 N–H and O–H groups in total. The molecule has 3 rings (SSSR count). The monoisotopic (exact) mass is 496 g/mol. The highest BCUT2D eigenvalue weighted by Crippen LogP contribution is 2.37. The summed E-state index contributed by atoms with van der Waals surface area (Å²) in [6, 6.07) is 10.2. The molecule has 1 atom stereocenters. The number of benzene rings is 3. The van der Waals surface area contributed by atoms with Crippen LogP contribution < -0.4 is 4.74 Å². The van der Waals surface area contributed by atoms with Crippen LogP contribution in [-0.4, -0.2) is 13.1 Å². The SMILES string of the molecule is COC(=O)C(CC(C)C)c1cc(Oc2cc(F)c(F)c(F)c2)cc(-c2ccc(C(F)(F)F)cc2)c1. The summed E-state index contributed by atoms with van der Waals surface area (Å²) in [5, 5.41) is 0. The molecule has 9 heteroatoms. The Hall–Kier alpha value is -3.49. The van der Waals surface area contributed by atoms with Crippen LogP contribution in [0.25, 0.3) is 11.1 Å². The number of ether oxygens (including phenoxy) is 2. The van der Waals surface area contributed by atoms with Crippen molar-refractivity contribution < 1.29 is 40.6 Å². The van der Waals surface area contributed by atoms with Gasteiger partial charge in [0.2, 0.25) is 0 Å². The number of methoxy groups -OCH3 is 1. The third-order valence-electron chi connectivity index (χ3n) is 5.26. The van der Waals surface area contributed by atoms with Crippen LogP contribution in [0.1, 0.15) is 37.3 Å². The molecule has 0 aliphatic carbocycles. The standard InChI is InChI=1S/C26H22F6O3/c1-14(2)8-21(25(33)34-3)17-9-16(15-4-6-18(7-5-15)26(30,31)32)10-19(11-17)35-20-12-22(27)24(29)23(28)13-20/h4-7,9-14,21H,8H2,1-3H3. The summed E-state index contributed by atoms with van der Waals surface area (Å²) >= 11 is 0. The molecule has 0 bridgehead atoms.